The molecule has 0 aliphatic heterocycles. The van der Waals surface area contributed by atoms with Gasteiger partial charge in [0, 0.05) is 26.1 Å². The molecule has 0 heterocycles. The summed E-state index contributed by atoms with van der Waals surface area (Å²) >= 11 is 0. The maximum absolute atomic E-state index is 11.1. The Morgan fingerprint density at radius 2 is 2.00 bits per heavy atom. The Kier molecular flexibility index (Phi) is 1.94. The first-order chi connectivity index (χ1) is 4.61. The summed E-state index contributed by atoms with van der Waals surface area (Å²) in [5.74, 6) is 0.437. The molecule has 0 radical (unpaired) electrons. The zero-order valence-corrected chi connectivity index (χ0v) is 6.50. The van der Waals surface area contributed by atoms with E-state index >= 15 is 0 Å². The lowest BCUT2D eigenvalue weighted by Crippen LogP contribution is -2.44. The van der Waals surface area contributed by atoms with Crippen LogP contribution in [0.15, 0.2) is 0 Å². The fourth-order valence-electron chi connectivity index (χ4n) is 1.23. The van der Waals surface area contributed by atoms with Gasteiger partial charge in [0.05, 0.1) is 0 Å². The van der Waals surface area contributed by atoms with Crippen LogP contribution >= 0.6 is 0 Å². The fraction of sp³-hybridized carbons (Fsp3) is 0.857. The average Bonchev–Trinajstić information content (AvgIpc) is 1.79. The van der Waals surface area contributed by atoms with E-state index < -0.39 is 0 Å². The van der Waals surface area contributed by atoms with Gasteiger partial charge in [0.1, 0.15) is 0 Å². The second-order valence-electron chi connectivity index (χ2n) is 3.16. The molecule has 0 saturated heterocycles. The molecule has 1 aliphatic rings. The Morgan fingerprint density at radius 1 is 1.50 bits per heavy atom. The first-order valence-electron chi connectivity index (χ1n) is 3.58. The highest BCUT2D eigenvalue weighted by atomic mass is 16.2. The standard InChI is InChI=1S/C7H14N2O/c1-9(2)7(10)5-3-6(8)4-5/h5-6H,3-4,8H2,1-2H3. The second-order valence-corrected chi connectivity index (χ2v) is 3.16. The summed E-state index contributed by atoms with van der Waals surface area (Å²) in [6.45, 7) is 0. The van der Waals surface area contributed by atoms with Crippen LogP contribution in [0.1, 0.15) is 12.8 Å². The normalized spacial score (nSPS) is 31.1. The molecular formula is C7H14N2O. The van der Waals surface area contributed by atoms with Gasteiger partial charge in [-0.15, -0.1) is 0 Å². The molecule has 0 aromatic carbocycles. The third-order valence-electron chi connectivity index (χ3n) is 1.96. The summed E-state index contributed by atoms with van der Waals surface area (Å²) in [6.07, 6.45) is 1.74. The number of rotatable bonds is 1. The molecule has 10 heavy (non-hydrogen) atoms. The minimum Gasteiger partial charge on any atom is -0.349 e. The fourth-order valence-corrected chi connectivity index (χ4v) is 1.23. The Balaban J connectivity index is 2.31. The van der Waals surface area contributed by atoms with E-state index in [2.05, 4.69) is 0 Å². The van der Waals surface area contributed by atoms with Crippen LogP contribution in [0.5, 0.6) is 0 Å². The molecule has 1 amide bonds. The third-order valence-corrected chi connectivity index (χ3v) is 1.96. The molecular weight excluding hydrogens is 128 g/mol. The lowest BCUT2D eigenvalue weighted by atomic mass is 9.80. The monoisotopic (exact) mass is 142 g/mol. The number of hydrogen-bond donors (Lipinski definition) is 1. The van der Waals surface area contributed by atoms with E-state index in [9.17, 15) is 4.79 Å². The van der Waals surface area contributed by atoms with E-state index in [0.29, 0.717) is 0 Å². The molecule has 0 atom stereocenters. The van der Waals surface area contributed by atoms with Crippen molar-refractivity contribution in [1.29, 1.82) is 0 Å². The zero-order chi connectivity index (χ0) is 7.72. The number of nitrogens with two attached hydrogens (primary N) is 1. The topological polar surface area (TPSA) is 46.3 Å². The van der Waals surface area contributed by atoms with Crippen molar-refractivity contribution in [3.8, 4) is 0 Å². The average molecular weight is 142 g/mol. The molecule has 0 unspecified atom stereocenters. The first-order valence-corrected chi connectivity index (χ1v) is 3.58. The molecule has 3 heteroatoms. The van der Waals surface area contributed by atoms with Crippen molar-refractivity contribution in [1.82, 2.24) is 4.90 Å². The molecule has 2 N–H and O–H groups in total. The van der Waals surface area contributed by atoms with Crippen molar-refractivity contribution >= 4 is 5.91 Å². The van der Waals surface area contributed by atoms with E-state index in [-0.39, 0.29) is 17.9 Å². The van der Waals surface area contributed by atoms with E-state index in [0.717, 1.165) is 12.8 Å². The molecule has 1 saturated carbocycles. The molecule has 58 valence electrons. The van der Waals surface area contributed by atoms with Gasteiger partial charge in [-0.3, -0.25) is 4.79 Å². The highest BCUT2D eigenvalue weighted by Crippen LogP contribution is 2.26. The van der Waals surface area contributed by atoms with Gasteiger partial charge in [-0.25, -0.2) is 0 Å². The van der Waals surface area contributed by atoms with Crippen LogP contribution in [-0.4, -0.2) is 30.9 Å². The lowest BCUT2D eigenvalue weighted by molar-refractivity contribution is -0.136. The Labute approximate surface area is 61.2 Å². The number of amides is 1. The quantitative estimate of drug-likeness (QED) is 0.551. The maximum atomic E-state index is 11.1. The number of carbonyl (C=O) groups excluding carboxylic acids is 1. The van der Waals surface area contributed by atoms with Crippen LogP contribution in [0.4, 0.5) is 0 Å². The van der Waals surface area contributed by atoms with E-state index in [1.165, 1.54) is 0 Å². The smallest absolute Gasteiger partial charge is 0.225 e. The van der Waals surface area contributed by atoms with Crippen molar-refractivity contribution in [2.24, 2.45) is 11.7 Å². The number of hydrogen-bond acceptors (Lipinski definition) is 2. The minimum absolute atomic E-state index is 0.213. The molecule has 1 aliphatic carbocycles. The third kappa shape index (κ3) is 1.29. The molecule has 1 fully saturated rings. The molecule has 0 bridgehead atoms. The SMILES string of the molecule is CN(C)C(=O)C1CC(N)C1. The summed E-state index contributed by atoms with van der Waals surface area (Å²) in [5, 5.41) is 0. The highest BCUT2D eigenvalue weighted by Gasteiger charge is 2.32. The van der Waals surface area contributed by atoms with Crippen molar-refractivity contribution in [2.75, 3.05) is 14.1 Å². The van der Waals surface area contributed by atoms with Crippen molar-refractivity contribution in [3.05, 3.63) is 0 Å². The molecule has 1 rings (SSSR count). The van der Waals surface area contributed by atoms with E-state index in [1.54, 1.807) is 19.0 Å². The van der Waals surface area contributed by atoms with E-state index in [4.69, 9.17) is 5.73 Å². The largest absolute Gasteiger partial charge is 0.349 e. The van der Waals surface area contributed by atoms with Gasteiger partial charge >= 0.3 is 0 Å². The summed E-state index contributed by atoms with van der Waals surface area (Å²) in [4.78, 5) is 12.8. The summed E-state index contributed by atoms with van der Waals surface area (Å²) < 4.78 is 0. The molecule has 0 spiro atoms. The van der Waals surface area contributed by atoms with Gasteiger partial charge in [-0.05, 0) is 12.8 Å². The molecule has 0 aromatic heterocycles. The molecule has 0 aromatic rings. The van der Waals surface area contributed by atoms with Gasteiger partial charge < -0.3 is 10.6 Å². The minimum atomic E-state index is 0.213. The predicted molar refractivity (Wildman–Crippen MR) is 39.4 cm³/mol. The van der Waals surface area contributed by atoms with Crippen molar-refractivity contribution in [3.63, 3.8) is 0 Å². The van der Waals surface area contributed by atoms with Crippen LogP contribution in [0.2, 0.25) is 0 Å². The number of carbonyl (C=O) groups is 1. The predicted octanol–water partition coefficient (Wildman–Crippen LogP) is -0.188. The summed E-state index contributed by atoms with van der Waals surface area (Å²) in [6, 6.07) is 0.272. The zero-order valence-electron chi connectivity index (χ0n) is 6.50. The van der Waals surface area contributed by atoms with Crippen LogP contribution in [0, 0.1) is 5.92 Å². The van der Waals surface area contributed by atoms with Crippen LogP contribution in [0.25, 0.3) is 0 Å². The maximum Gasteiger partial charge on any atom is 0.225 e. The molecule has 3 nitrogen and oxygen atoms in total. The number of nitrogens with zero attached hydrogens (tertiary/aromatic N) is 1. The Hall–Kier alpha value is -0.570. The van der Waals surface area contributed by atoms with Gasteiger partial charge in [0.25, 0.3) is 0 Å². The van der Waals surface area contributed by atoms with Crippen LogP contribution in [-0.2, 0) is 4.79 Å². The van der Waals surface area contributed by atoms with Crippen molar-refractivity contribution < 1.29 is 4.79 Å². The Morgan fingerprint density at radius 3 is 2.30 bits per heavy atom. The van der Waals surface area contributed by atoms with Crippen LogP contribution < -0.4 is 5.73 Å². The summed E-state index contributed by atoms with van der Waals surface area (Å²) in [7, 11) is 3.57. The second kappa shape index (κ2) is 2.58. The van der Waals surface area contributed by atoms with E-state index in [1.807, 2.05) is 0 Å². The van der Waals surface area contributed by atoms with Crippen molar-refractivity contribution in [2.45, 2.75) is 18.9 Å². The van der Waals surface area contributed by atoms with Gasteiger partial charge in [-0.1, -0.05) is 0 Å². The van der Waals surface area contributed by atoms with Gasteiger partial charge in [-0.2, -0.15) is 0 Å². The summed E-state index contributed by atoms with van der Waals surface area (Å²) in [5.41, 5.74) is 5.54. The highest BCUT2D eigenvalue weighted by molar-refractivity contribution is 5.79. The van der Waals surface area contributed by atoms with Gasteiger partial charge in [0.15, 0.2) is 0 Å². The Bertz CT molecular complexity index is 139. The van der Waals surface area contributed by atoms with Crippen LogP contribution in [0.3, 0.4) is 0 Å². The van der Waals surface area contributed by atoms with Gasteiger partial charge in [0.2, 0.25) is 5.91 Å². The lowest BCUT2D eigenvalue weighted by Gasteiger charge is -2.32. The first kappa shape index (κ1) is 7.54.